The smallest absolute Gasteiger partial charge is 0.335 e. The third-order valence-electron chi connectivity index (χ3n) is 18.2. The van der Waals surface area contributed by atoms with Crippen molar-refractivity contribution >= 4 is 23.9 Å². The van der Waals surface area contributed by atoms with Crippen LogP contribution in [0.25, 0.3) is 0 Å². The number of aliphatic hydroxyl groups is 17. The number of carbonyl (C=O) groups is 4. The van der Waals surface area contributed by atoms with Gasteiger partial charge in [0.1, 0.15) is 122 Å². The second kappa shape index (κ2) is 31.2. The average molecular weight is 1360 g/mol. The fourth-order valence-electron chi connectivity index (χ4n) is 12.5. The Labute approximate surface area is 526 Å². The molecule has 8 aliphatic heterocycles. The average Bonchev–Trinajstić information content (AvgIpc) is 0.794. The van der Waals surface area contributed by atoms with Crippen molar-refractivity contribution in [2.24, 2.45) is 23.7 Å². The monoisotopic (exact) mass is 1360 g/mol. The molecule has 8 saturated heterocycles. The van der Waals surface area contributed by atoms with Crippen molar-refractivity contribution in [1.29, 1.82) is 0 Å². The van der Waals surface area contributed by atoms with Crippen molar-refractivity contribution in [3.05, 3.63) is 0 Å². The molecule has 93 heavy (non-hydrogen) atoms. The first kappa shape index (κ1) is 75.4. The molecule has 0 aliphatic carbocycles. The van der Waals surface area contributed by atoms with Crippen molar-refractivity contribution in [2.75, 3.05) is 26.4 Å². The number of carboxylic acids is 4. The van der Waals surface area contributed by atoms with E-state index in [9.17, 15) is 126 Å². The lowest BCUT2D eigenvalue weighted by Crippen LogP contribution is -2.67. The van der Waals surface area contributed by atoms with Crippen molar-refractivity contribution in [3.63, 3.8) is 0 Å². The van der Waals surface area contributed by atoms with E-state index < -0.39 is 295 Å². The van der Waals surface area contributed by atoms with E-state index in [1.54, 1.807) is 13.8 Å². The van der Waals surface area contributed by atoms with Crippen LogP contribution in [-0.4, -0.2) is 379 Å². The predicted molar refractivity (Wildman–Crippen MR) is 283 cm³/mol. The number of aliphatic carboxylic acids is 4. The zero-order chi connectivity index (χ0) is 68.8. The van der Waals surface area contributed by atoms with Gasteiger partial charge in [0.2, 0.25) is 0 Å². The van der Waals surface area contributed by atoms with Gasteiger partial charge < -0.3 is 178 Å². The Hall–Kier alpha value is -3.40. The molecule has 16 unspecified atom stereocenters. The van der Waals surface area contributed by atoms with Gasteiger partial charge in [0.15, 0.2) is 68.4 Å². The van der Waals surface area contributed by atoms with Crippen LogP contribution in [0.15, 0.2) is 0 Å². The predicted octanol–water partition coefficient (Wildman–Crippen LogP) is -11.9. The SMILES string of the molecule is C[C@@H]1OC(CO)[C@@H](O)C(O[C@@H]2OC(C(=O)O)[C@@H](O)C(O[C@@H]3OC(CO)[C@@H](O)C(O[C@@H]4OC(C(=O)O)[C@@H](O)C(O[C@@H]5OC(CO)[C@@H](O)C(O[C@@H]6OC(C(=O)O)[C@@H](O)C(O[C@@H]7OC(CO)[C@@H](O)C(O[C@@H]8OC(C(=O)O)[C@@H](O)C(O)[C@@H]8O)[C@@H]7C)[C@@H]6O)[C@@H]5C)[C@@H]4O)[C@@H]3C)[C@@H]2O)[C@@H]1C. The molecule has 40 nitrogen and oxygen atoms in total. The van der Waals surface area contributed by atoms with E-state index in [0.717, 1.165) is 0 Å². The molecule has 8 rings (SSSR count). The highest BCUT2D eigenvalue weighted by molar-refractivity contribution is 5.74. The molecule has 0 radical (unpaired) electrons. The lowest BCUT2D eigenvalue weighted by molar-refractivity contribution is -0.390. The second-order valence-corrected chi connectivity index (χ2v) is 24.3. The molecule has 0 aromatic carbocycles. The summed E-state index contributed by atoms with van der Waals surface area (Å²) in [4.78, 5) is 49.7. The van der Waals surface area contributed by atoms with Crippen molar-refractivity contribution < 1.29 is 197 Å². The molecule has 0 amide bonds. The molecule has 21 N–H and O–H groups in total. The third kappa shape index (κ3) is 15.3. The Bertz CT molecular complexity index is 2470. The van der Waals surface area contributed by atoms with E-state index in [1.165, 1.54) is 20.8 Å². The van der Waals surface area contributed by atoms with Crippen LogP contribution in [0.2, 0.25) is 0 Å². The number of rotatable bonds is 22. The van der Waals surface area contributed by atoms with Crippen LogP contribution in [0.3, 0.4) is 0 Å². The first-order chi connectivity index (χ1) is 43.7. The Morgan fingerprint density at radius 3 is 0.742 bits per heavy atom. The number of ether oxygens (including phenoxy) is 15. The Kier molecular flexibility index (Phi) is 25.3. The summed E-state index contributed by atoms with van der Waals surface area (Å²) in [5.74, 6) is -12.4. The number of hydrogen-bond donors (Lipinski definition) is 21. The number of aliphatic hydroxyl groups excluding tert-OH is 17. The molecule has 0 aromatic heterocycles. The van der Waals surface area contributed by atoms with Gasteiger partial charge in [0.25, 0.3) is 0 Å². The molecule has 8 heterocycles. The van der Waals surface area contributed by atoms with Crippen molar-refractivity contribution in [2.45, 2.75) is 256 Å². The van der Waals surface area contributed by atoms with E-state index in [-0.39, 0.29) is 0 Å². The van der Waals surface area contributed by atoms with Crippen LogP contribution in [0.5, 0.6) is 0 Å². The minimum atomic E-state index is -2.39. The molecular formula is C53H84O40. The van der Waals surface area contributed by atoms with Gasteiger partial charge in [-0.25, -0.2) is 19.2 Å². The fourth-order valence-corrected chi connectivity index (χ4v) is 12.5. The maximum atomic E-state index is 12.8. The van der Waals surface area contributed by atoms with Gasteiger partial charge in [-0.1, -0.05) is 27.7 Å². The zero-order valence-corrected chi connectivity index (χ0v) is 50.1. The van der Waals surface area contributed by atoms with E-state index in [0.29, 0.717) is 0 Å². The van der Waals surface area contributed by atoms with E-state index in [1.807, 2.05) is 0 Å². The summed E-state index contributed by atoms with van der Waals surface area (Å²) < 4.78 is 86.1. The molecule has 536 valence electrons. The summed E-state index contributed by atoms with van der Waals surface area (Å²) in [6.45, 7) is 3.07. The van der Waals surface area contributed by atoms with E-state index >= 15 is 0 Å². The van der Waals surface area contributed by atoms with Gasteiger partial charge in [-0.3, -0.25) is 0 Å². The first-order valence-electron chi connectivity index (χ1n) is 29.7. The Balaban J connectivity index is 0.993. The minimum Gasteiger partial charge on any atom is -0.479 e. The minimum absolute atomic E-state index is 0.661. The normalized spacial score (nSPS) is 51.6. The first-order valence-corrected chi connectivity index (χ1v) is 29.7. The molecule has 8 fully saturated rings. The maximum Gasteiger partial charge on any atom is 0.335 e. The Morgan fingerprint density at radius 2 is 0.484 bits per heavy atom. The summed E-state index contributed by atoms with van der Waals surface area (Å²) >= 11 is 0. The summed E-state index contributed by atoms with van der Waals surface area (Å²) in [7, 11) is 0. The van der Waals surface area contributed by atoms with Crippen molar-refractivity contribution in [3.8, 4) is 0 Å². The molecule has 0 saturated carbocycles. The van der Waals surface area contributed by atoms with Crippen LogP contribution in [-0.2, 0) is 90.2 Å². The fraction of sp³-hybridized carbons (Fsp3) is 0.925. The van der Waals surface area contributed by atoms with Crippen LogP contribution in [0, 0.1) is 23.7 Å². The molecule has 0 spiro atoms. The maximum absolute atomic E-state index is 12.8. The summed E-state index contributed by atoms with van der Waals surface area (Å²) in [5.41, 5.74) is 0. The van der Waals surface area contributed by atoms with Gasteiger partial charge >= 0.3 is 23.9 Å². The standard InChI is InChI=1S/C53H84O40/c1-10-14(5)79-15(6-54)19(58)32(10)83-51-29(68)36(26(65)40(91-51)44(73)74)87-48-12(3)34(21(60)17(8-56)81-48)85-53-31(70)38(28(67)42(93-53)46(77)78)89-49-13(4)35(22(61)18(9-57)82-49)86-52-30(69)37(27(66)41(92-52)45(75)76)88-47-11(2)33(20(59)16(7-55)80-47)84-50-25(64)23(62)24(63)39(90-50)43(71)72/h10-42,47-70H,6-9H2,1-5H3,(H,71,72)(H,73,74)(H,75,76)(H,77,78)/t10-,11+,12+,13+,14+,15?,16?,17?,18?,19-,20-,21-,22-,23?,24+,25+,26+,27+,28+,29+,30+,31+,32?,33?,34?,35?,36?,37?,38?,39?,40?,41?,42?,47+,48+,49+,50-,51-,52-,53-/m1/s1. The summed E-state index contributed by atoms with van der Waals surface area (Å²) in [5, 5.41) is 227. The number of hydrogen-bond acceptors (Lipinski definition) is 36. The van der Waals surface area contributed by atoms with E-state index in [2.05, 4.69) is 0 Å². The molecule has 8 aliphatic rings. The van der Waals surface area contributed by atoms with Crippen LogP contribution in [0.1, 0.15) is 34.6 Å². The van der Waals surface area contributed by atoms with Crippen molar-refractivity contribution in [1.82, 2.24) is 0 Å². The third-order valence-corrected chi connectivity index (χ3v) is 18.2. The quantitative estimate of drug-likeness (QED) is 0.0479. The highest BCUT2D eigenvalue weighted by atomic mass is 16.8. The van der Waals surface area contributed by atoms with Gasteiger partial charge in [-0.15, -0.1) is 0 Å². The second-order valence-electron chi connectivity index (χ2n) is 24.3. The molecular weight excluding hydrogens is 1280 g/mol. The van der Waals surface area contributed by atoms with Crippen LogP contribution in [0.4, 0.5) is 0 Å². The molecule has 0 aromatic rings. The topological polar surface area (TPSA) is 632 Å². The van der Waals surface area contributed by atoms with E-state index in [4.69, 9.17) is 71.1 Å². The lowest BCUT2D eigenvalue weighted by atomic mass is 9.88. The van der Waals surface area contributed by atoms with Gasteiger partial charge in [0.05, 0.1) is 56.9 Å². The highest BCUT2D eigenvalue weighted by Gasteiger charge is 2.60. The van der Waals surface area contributed by atoms with Crippen LogP contribution >= 0.6 is 0 Å². The molecule has 0 bridgehead atoms. The lowest BCUT2D eigenvalue weighted by Gasteiger charge is -2.50. The molecule has 40 heteroatoms. The van der Waals surface area contributed by atoms with Gasteiger partial charge in [-0.05, 0) is 6.92 Å². The summed E-state index contributed by atoms with van der Waals surface area (Å²) in [6.07, 6.45) is -71.2. The molecule has 40 atom stereocenters. The number of carboxylic acid groups (broad SMARTS) is 4. The zero-order valence-electron chi connectivity index (χ0n) is 50.1. The van der Waals surface area contributed by atoms with Crippen LogP contribution < -0.4 is 0 Å². The van der Waals surface area contributed by atoms with Gasteiger partial charge in [-0.2, -0.15) is 0 Å². The highest BCUT2D eigenvalue weighted by Crippen LogP contribution is 2.42. The largest absolute Gasteiger partial charge is 0.479 e. The summed E-state index contributed by atoms with van der Waals surface area (Å²) in [6, 6.07) is 0. The Morgan fingerprint density at radius 1 is 0.258 bits per heavy atom. The van der Waals surface area contributed by atoms with Gasteiger partial charge in [0, 0.05) is 23.7 Å².